The third-order valence-electron chi connectivity index (χ3n) is 2.14. The molecule has 0 heterocycles. The molecule has 13 heavy (non-hydrogen) atoms. The summed E-state index contributed by atoms with van der Waals surface area (Å²) in [5.74, 6) is 0. The van der Waals surface area contributed by atoms with Crippen molar-refractivity contribution in [3.05, 3.63) is 41.5 Å². The summed E-state index contributed by atoms with van der Waals surface area (Å²) in [5, 5.41) is 0. The summed E-state index contributed by atoms with van der Waals surface area (Å²) >= 11 is 0. The van der Waals surface area contributed by atoms with Crippen LogP contribution in [0.3, 0.4) is 0 Å². The lowest BCUT2D eigenvalue weighted by molar-refractivity contribution is 0.790. The Bertz CT molecular complexity index is 257. The van der Waals surface area contributed by atoms with Gasteiger partial charge in [0.2, 0.25) is 0 Å². The first-order valence-corrected chi connectivity index (χ1v) is 5.05. The van der Waals surface area contributed by atoms with Crippen molar-refractivity contribution in [2.24, 2.45) is 0 Å². The topological polar surface area (TPSA) is 0 Å². The highest BCUT2D eigenvalue weighted by Gasteiger charge is 1.90. The Balaban J connectivity index is 2.55. The minimum absolute atomic E-state index is 1.23. The third-order valence-corrected chi connectivity index (χ3v) is 2.14. The highest BCUT2D eigenvalue weighted by Crippen LogP contribution is 2.11. The van der Waals surface area contributed by atoms with E-state index < -0.39 is 0 Å². The Kier molecular flexibility index (Phi) is 4.31. The van der Waals surface area contributed by atoms with Gasteiger partial charge in [0.05, 0.1) is 0 Å². The van der Waals surface area contributed by atoms with E-state index in [0.717, 1.165) is 0 Å². The predicted octanol–water partition coefficient (Wildman–Crippen LogP) is 4.28. The van der Waals surface area contributed by atoms with Gasteiger partial charge in [0.1, 0.15) is 0 Å². The second-order valence-electron chi connectivity index (χ2n) is 3.50. The van der Waals surface area contributed by atoms with Gasteiger partial charge in [-0.1, -0.05) is 55.3 Å². The fraction of sp³-hybridized carbons (Fsp3) is 0.385. The first-order valence-electron chi connectivity index (χ1n) is 5.05. The van der Waals surface area contributed by atoms with Crippen molar-refractivity contribution in [2.75, 3.05) is 0 Å². The molecule has 0 atom stereocenters. The Morgan fingerprint density at radius 2 is 1.92 bits per heavy atom. The molecule has 1 aromatic rings. The van der Waals surface area contributed by atoms with Crippen LogP contribution in [0.15, 0.2) is 35.9 Å². The largest absolute Gasteiger partial charge is 0.0727 e. The summed E-state index contributed by atoms with van der Waals surface area (Å²) in [7, 11) is 0. The second-order valence-corrected chi connectivity index (χ2v) is 3.50. The Morgan fingerprint density at radius 1 is 1.23 bits per heavy atom. The maximum absolute atomic E-state index is 2.27. The molecule has 0 saturated carbocycles. The summed E-state index contributed by atoms with van der Waals surface area (Å²) < 4.78 is 0. The summed E-state index contributed by atoms with van der Waals surface area (Å²) in [5.41, 5.74) is 2.80. The van der Waals surface area contributed by atoms with Gasteiger partial charge in [0.15, 0.2) is 0 Å². The molecule has 0 aromatic heterocycles. The molecule has 1 aromatic carbocycles. The van der Waals surface area contributed by atoms with Crippen LogP contribution in [0.25, 0.3) is 6.08 Å². The highest BCUT2D eigenvalue weighted by atomic mass is 14.0. The maximum Gasteiger partial charge on any atom is -0.0257 e. The van der Waals surface area contributed by atoms with Crippen LogP contribution in [0.2, 0.25) is 0 Å². The Hall–Kier alpha value is -1.04. The van der Waals surface area contributed by atoms with Crippen LogP contribution >= 0.6 is 0 Å². The van der Waals surface area contributed by atoms with E-state index in [1.807, 2.05) is 0 Å². The summed E-state index contributed by atoms with van der Waals surface area (Å²) in [6.07, 6.45) is 6.08. The fourth-order valence-electron chi connectivity index (χ4n) is 1.36. The lowest BCUT2D eigenvalue weighted by Gasteiger charge is -1.99. The summed E-state index contributed by atoms with van der Waals surface area (Å²) in [6, 6.07) is 10.5. The van der Waals surface area contributed by atoms with Crippen molar-refractivity contribution in [2.45, 2.75) is 33.1 Å². The molecule has 0 radical (unpaired) electrons. The quantitative estimate of drug-likeness (QED) is 0.639. The van der Waals surface area contributed by atoms with Crippen LogP contribution in [-0.4, -0.2) is 0 Å². The van der Waals surface area contributed by atoms with E-state index in [9.17, 15) is 0 Å². The molecule has 1 rings (SSSR count). The summed E-state index contributed by atoms with van der Waals surface area (Å²) in [4.78, 5) is 0. The minimum Gasteiger partial charge on any atom is -0.0727 e. The van der Waals surface area contributed by atoms with Gasteiger partial charge in [0.25, 0.3) is 0 Å². The van der Waals surface area contributed by atoms with Crippen molar-refractivity contribution in [1.29, 1.82) is 0 Å². The molecule has 70 valence electrons. The average Bonchev–Trinajstić information content (AvgIpc) is 2.16. The molecule has 0 spiro atoms. The molecule has 0 amide bonds. The van der Waals surface area contributed by atoms with Crippen LogP contribution < -0.4 is 0 Å². The van der Waals surface area contributed by atoms with Gasteiger partial charge in [-0.25, -0.2) is 0 Å². The molecule has 0 aliphatic heterocycles. The van der Waals surface area contributed by atoms with Crippen molar-refractivity contribution in [1.82, 2.24) is 0 Å². The number of allylic oxidation sites excluding steroid dienone is 1. The molecule has 0 nitrogen and oxygen atoms in total. The van der Waals surface area contributed by atoms with Crippen LogP contribution in [0.4, 0.5) is 0 Å². The molecule has 0 fully saturated rings. The minimum atomic E-state index is 1.23. The molecule has 0 bridgehead atoms. The zero-order valence-corrected chi connectivity index (χ0v) is 8.59. The number of rotatable bonds is 4. The van der Waals surface area contributed by atoms with E-state index in [1.54, 1.807) is 0 Å². The molecular weight excluding hydrogens is 156 g/mol. The predicted molar refractivity (Wildman–Crippen MR) is 59.6 cm³/mol. The molecule has 0 saturated heterocycles. The zero-order valence-electron chi connectivity index (χ0n) is 8.59. The average molecular weight is 174 g/mol. The SMILES string of the molecule is CCCC/C(C)=C\c1ccccc1. The molecule has 0 aliphatic carbocycles. The maximum atomic E-state index is 2.27. The molecule has 0 aliphatic rings. The standard InChI is InChI=1S/C13H18/c1-3-4-8-12(2)11-13-9-6-5-7-10-13/h5-7,9-11H,3-4,8H2,1-2H3/b12-11-. The molecular formula is C13H18. The fourth-order valence-corrected chi connectivity index (χ4v) is 1.36. The third kappa shape index (κ3) is 3.93. The van der Waals surface area contributed by atoms with Gasteiger partial charge in [-0.2, -0.15) is 0 Å². The van der Waals surface area contributed by atoms with E-state index in [-0.39, 0.29) is 0 Å². The van der Waals surface area contributed by atoms with Crippen molar-refractivity contribution < 1.29 is 0 Å². The van der Waals surface area contributed by atoms with E-state index in [4.69, 9.17) is 0 Å². The van der Waals surface area contributed by atoms with Crippen LogP contribution in [0, 0.1) is 0 Å². The molecule has 0 unspecified atom stereocenters. The van der Waals surface area contributed by atoms with Gasteiger partial charge in [-0.15, -0.1) is 0 Å². The second kappa shape index (κ2) is 5.58. The van der Waals surface area contributed by atoms with Gasteiger partial charge < -0.3 is 0 Å². The van der Waals surface area contributed by atoms with E-state index in [0.29, 0.717) is 0 Å². The van der Waals surface area contributed by atoms with Crippen LogP contribution in [-0.2, 0) is 0 Å². The number of unbranched alkanes of at least 4 members (excludes halogenated alkanes) is 1. The van der Waals surface area contributed by atoms with E-state index in [1.165, 1.54) is 30.4 Å². The van der Waals surface area contributed by atoms with Gasteiger partial charge >= 0.3 is 0 Å². The zero-order chi connectivity index (χ0) is 9.52. The smallest absolute Gasteiger partial charge is 0.0257 e. The van der Waals surface area contributed by atoms with Gasteiger partial charge in [0, 0.05) is 0 Å². The van der Waals surface area contributed by atoms with Crippen LogP contribution in [0.5, 0.6) is 0 Å². The first-order chi connectivity index (χ1) is 6.33. The highest BCUT2D eigenvalue weighted by molar-refractivity contribution is 5.51. The monoisotopic (exact) mass is 174 g/mol. The number of hydrogen-bond acceptors (Lipinski definition) is 0. The Morgan fingerprint density at radius 3 is 2.54 bits per heavy atom. The molecule has 0 N–H and O–H groups in total. The van der Waals surface area contributed by atoms with Gasteiger partial charge in [-0.05, 0) is 25.3 Å². The Labute approximate surface area is 81.3 Å². The van der Waals surface area contributed by atoms with E-state index in [2.05, 4.69) is 50.3 Å². The van der Waals surface area contributed by atoms with Crippen molar-refractivity contribution >= 4 is 6.08 Å². The van der Waals surface area contributed by atoms with Crippen LogP contribution in [0.1, 0.15) is 38.7 Å². The number of hydrogen-bond donors (Lipinski definition) is 0. The van der Waals surface area contributed by atoms with Gasteiger partial charge in [-0.3, -0.25) is 0 Å². The van der Waals surface area contributed by atoms with E-state index >= 15 is 0 Å². The van der Waals surface area contributed by atoms with Crippen molar-refractivity contribution in [3.8, 4) is 0 Å². The molecule has 0 heteroatoms. The number of benzene rings is 1. The summed E-state index contributed by atoms with van der Waals surface area (Å²) in [6.45, 7) is 4.44. The lowest BCUT2D eigenvalue weighted by atomic mass is 10.1. The first kappa shape index (κ1) is 10.0. The normalized spacial score (nSPS) is 11.7. The van der Waals surface area contributed by atoms with Crippen molar-refractivity contribution in [3.63, 3.8) is 0 Å². The lowest BCUT2D eigenvalue weighted by Crippen LogP contribution is -1.78.